The third-order valence-electron chi connectivity index (χ3n) is 2.39. The Morgan fingerprint density at radius 1 is 1.65 bits per heavy atom. The normalized spacial score (nSPS) is 15.9. The van der Waals surface area contributed by atoms with Crippen LogP contribution in [0.15, 0.2) is 22.8 Å². The number of hydrogen-bond donors (Lipinski definition) is 0. The van der Waals surface area contributed by atoms with Crippen molar-refractivity contribution in [3.8, 4) is 0 Å². The molecule has 0 fully saturated rings. The van der Waals surface area contributed by atoms with Crippen LogP contribution in [0.2, 0.25) is 5.15 Å². The lowest BCUT2D eigenvalue weighted by atomic mass is 10.2. The molecule has 0 saturated carbocycles. The van der Waals surface area contributed by atoms with Crippen LogP contribution < -0.4 is 0 Å². The smallest absolute Gasteiger partial charge is 0.199 e. The molecule has 1 aromatic rings. The number of nitrogens with zero attached hydrogens (tertiary/aromatic N) is 3. The van der Waals surface area contributed by atoms with Crippen LogP contribution in [-0.2, 0) is 9.73 Å². The van der Waals surface area contributed by atoms with Crippen molar-refractivity contribution in [1.82, 2.24) is 4.98 Å². The van der Waals surface area contributed by atoms with Gasteiger partial charge in [-0.15, -0.1) is 0 Å². The number of halogens is 1. The van der Waals surface area contributed by atoms with Crippen LogP contribution in [-0.4, -0.2) is 20.0 Å². The number of hydrogen-bond acceptors (Lipinski definition) is 4. The van der Waals surface area contributed by atoms with Crippen LogP contribution >= 0.6 is 11.6 Å². The summed E-state index contributed by atoms with van der Waals surface area (Å²) in [5.41, 5.74) is 0.617. The molecule has 1 aromatic heterocycles. The van der Waals surface area contributed by atoms with Gasteiger partial charge in [-0.05, 0) is 18.6 Å². The summed E-state index contributed by atoms with van der Waals surface area (Å²) in [5.74, 6) is 0.109. The predicted octanol–water partition coefficient (Wildman–Crippen LogP) is 2.48. The van der Waals surface area contributed by atoms with Crippen molar-refractivity contribution in [2.24, 2.45) is 4.47 Å². The van der Waals surface area contributed by atoms with Crippen molar-refractivity contribution in [3.05, 3.63) is 39.2 Å². The Labute approximate surface area is 104 Å². The summed E-state index contributed by atoms with van der Waals surface area (Å²) in [6.07, 6.45) is 1.46. The Kier molecular flexibility index (Phi) is 4.41. The van der Waals surface area contributed by atoms with Crippen LogP contribution in [0.4, 0.5) is 0 Å². The van der Waals surface area contributed by atoms with E-state index in [0.717, 1.165) is 0 Å². The third-order valence-corrected chi connectivity index (χ3v) is 5.23. The Morgan fingerprint density at radius 3 is 2.71 bits per heavy atom. The molecule has 0 amide bonds. The van der Waals surface area contributed by atoms with Crippen molar-refractivity contribution in [2.75, 3.05) is 5.75 Å². The average molecular weight is 278 g/mol. The van der Waals surface area contributed by atoms with Crippen molar-refractivity contribution in [2.45, 2.75) is 19.1 Å². The Balaban J connectivity index is 3.19. The van der Waals surface area contributed by atoms with Crippen molar-refractivity contribution in [3.63, 3.8) is 0 Å². The van der Waals surface area contributed by atoms with Gasteiger partial charge in [0.05, 0.1) is 5.25 Å². The highest BCUT2D eigenvalue weighted by molar-refractivity contribution is 7.93. The first-order valence-electron chi connectivity index (χ1n) is 4.88. The highest BCUT2D eigenvalue weighted by Gasteiger charge is 2.23. The van der Waals surface area contributed by atoms with Gasteiger partial charge in [0.1, 0.15) is 19.4 Å². The monoisotopic (exact) mass is 277 g/mol. The highest BCUT2D eigenvalue weighted by atomic mass is 35.5. The molecule has 0 radical (unpaired) electrons. The summed E-state index contributed by atoms with van der Waals surface area (Å²) in [5, 5.41) is 9.24. The summed E-state index contributed by atoms with van der Waals surface area (Å²) in [6.45, 7) is 3.24. The van der Waals surface area contributed by atoms with Crippen LogP contribution in [0.3, 0.4) is 0 Å². The van der Waals surface area contributed by atoms with E-state index in [4.69, 9.17) is 11.6 Å². The van der Waals surface area contributed by atoms with E-state index in [1.165, 1.54) is 6.20 Å². The molecular formula is C9H12ClN3O3S. The van der Waals surface area contributed by atoms with E-state index in [1.54, 1.807) is 26.0 Å². The molecule has 0 aliphatic rings. The van der Waals surface area contributed by atoms with Gasteiger partial charge in [-0.3, -0.25) is 0 Å². The molecule has 2 atom stereocenters. The minimum absolute atomic E-state index is 0.109. The van der Waals surface area contributed by atoms with Gasteiger partial charge in [0.25, 0.3) is 0 Å². The number of pyridine rings is 1. The van der Waals surface area contributed by atoms with Crippen LogP contribution in [0.1, 0.15) is 24.7 Å². The average Bonchev–Trinajstić information content (AvgIpc) is 2.28. The predicted molar refractivity (Wildman–Crippen MR) is 65.8 cm³/mol. The van der Waals surface area contributed by atoms with Crippen molar-refractivity contribution < 1.29 is 9.24 Å². The zero-order valence-electron chi connectivity index (χ0n) is 9.37. The molecule has 94 valence electrons. The maximum atomic E-state index is 12.3. The molecule has 0 aromatic carbocycles. The molecule has 0 N–H and O–H groups in total. The van der Waals surface area contributed by atoms with Gasteiger partial charge in [0, 0.05) is 11.9 Å². The quantitative estimate of drug-likeness (QED) is 0.481. The molecular weight excluding hydrogens is 266 g/mol. The second-order valence-corrected chi connectivity index (χ2v) is 6.57. The first kappa shape index (κ1) is 13.9. The molecule has 1 rings (SSSR count). The molecule has 8 heteroatoms. The molecule has 0 unspecified atom stereocenters. The fourth-order valence-electron chi connectivity index (χ4n) is 1.33. The Hall–Kier alpha value is -1.21. The SMILES string of the molecule is CC[S@](=O)(=N[N+](=O)[O-])[C@H](C)c1ccc(Cl)nc1. The highest BCUT2D eigenvalue weighted by Crippen LogP contribution is 2.24. The lowest BCUT2D eigenvalue weighted by molar-refractivity contribution is -0.482. The summed E-state index contributed by atoms with van der Waals surface area (Å²) < 4.78 is 15.4. The Bertz CT molecular complexity index is 523. The summed E-state index contributed by atoms with van der Waals surface area (Å²) in [4.78, 5) is 14.2. The van der Waals surface area contributed by atoms with E-state index in [1.807, 2.05) is 0 Å². The van der Waals surface area contributed by atoms with Crippen molar-refractivity contribution >= 4 is 21.3 Å². The summed E-state index contributed by atoms with van der Waals surface area (Å²) in [7, 11) is -2.93. The van der Waals surface area contributed by atoms with Gasteiger partial charge in [0.2, 0.25) is 0 Å². The topological polar surface area (TPSA) is 85.5 Å². The van der Waals surface area contributed by atoms with E-state index < -0.39 is 20.0 Å². The molecule has 1 heterocycles. The summed E-state index contributed by atoms with van der Waals surface area (Å²) in [6, 6.07) is 3.19. The molecule has 0 aliphatic carbocycles. The molecule has 6 nitrogen and oxygen atoms in total. The maximum Gasteiger partial charge on any atom is 0.199 e. The minimum atomic E-state index is -2.93. The molecule has 0 aliphatic heterocycles. The van der Waals surface area contributed by atoms with Crippen LogP contribution in [0.5, 0.6) is 0 Å². The van der Waals surface area contributed by atoms with Gasteiger partial charge < -0.3 is 0 Å². The summed E-state index contributed by atoms with van der Waals surface area (Å²) >= 11 is 5.63. The van der Waals surface area contributed by atoms with Gasteiger partial charge in [0.15, 0.2) is 5.03 Å². The Morgan fingerprint density at radius 2 is 2.29 bits per heavy atom. The van der Waals surface area contributed by atoms with Crippen LogP contribution in [0.25, 0.3) is 0 Å². The van der Waals surface area contributed by atoms with Gasteiger partial charge in [-0.2, -0.15) is 0 Å². The number of rotatable bonds is 4. The zero-order chi connectivity index (χ0) is 13.1. The number of aromatic nitrogens is 1. The third kappa shape index (κ3) is 3.37. The van der Waals surface area contributed by atoms with Gasteiger partial charge in [-0.1, -0.05) is 24.6 Å². The largest absolute Gasteiger partial charge is 0.244 e. The van der Waals surface area contributed by atoms with E-state index in [9.17, 15) is 14.3 Å². The minimum Gasteiger partial charge on any atom is -0.244 e. The number of nitro groups is 1. The van der Waals surface area contributed by atoms with Gasteiger partial charge in [-0.25, -0.2) is 19.3 Å². The maximum absolute atomic E-state index is 12.3. The fraction of sp³-hybridized carbons (Fsp3) is 0.444. The standard InChI is InChI=1S/C9H12ClN3O3S/c1-3-17(16,12-13(14)15)7(2)8-4-5-9(10)11-6-8/h4-7H,3H2,1-2H3/t7-,17-/m1/s1. The van der Waals surface area contributed by atoms with Crippen LogP contribution in [0, 0.1) is 10.1 Å². The lowest BCUT2D eigenvalue weighted by Gasteiger charge is -2.13. The molecule has 0 bridgehead atoms. The lowest BCUT2D eigenvalue weighted by Crippen LogP contribution is -2.14. The first-order valence-corrected chi connectivity index (χ1v) is 7.01. The first-order chi connectivity index (χ1) is 7.89. The van der Waals surface area contributed by atoms with E-state index in [0.29, 0.717) is 10.7 Å². The van der Waals surface area contributed by atoms with Crippen molar-refractivity contribution in [1.29, 1.82) is 0 Å². The van der Waals surface area contributed by atoms with E-state index in [2.05, 4.69) is 9.46 Å². The second kappa shape index (κ2) is 5.42. The second-order valence-electron chi connectivity index (χ2n) is 3.35. The van der Waals surface area contributed by atoms with E-state index >= 15 is 0 Å². The fourth-order valence-corrected chi connectivity index (χ4v) is 2.99. The molecule has 0 saturated heterocycles. The van der Waals surface area contributed by atoms with E-state index in [-0.39, 0.29) is 5.75 Å². The zero-order valence-corrected chi connectivity index (χ0v) is 10.9. The molecule has 17 heavy (non-hydrogen) atoms. The molecule has 0 spiro atoms. The van der Waals surface area contributed by atoms with Gasteiger partial charge >= 0.3 is 0 Å².